The average molecular weight is 238 g/mol. The van der Waals surface area contributed by atoms with Crippen molar-refractivity contribution < 1.29 is 9.50 Å². The van der Waals surface area contributed by atoms with E-state index in [0.29, 0.717) is 18.0 Å². The van der Waals surface area contributed by atoms with Crippen LogP contribution in [0, 0.1) is 11.7 Å². The van der Waals surface area contributed by atoms with Crippen LogP contribution in [0.5, 0.6) is 0 Å². The summed E-state index contributed by atoms with van der Waals surface area (Å²) < 4.78 is 13.7. The molecule has 0 aliphatic carbocycles. The number of hydrogen-bond donors (Lipinski definition) is 2. The number of hydrogen-bond acceptors (Lipinski definition) is 3. The highest BCUT2D eigenvalue weighted by Gasteiger charge is 2.20. The van der Waals surface area contributed by atoms with Gasteiger partial charge in [-0.15, -0.1) is 0 Å². The molecule has 1 unspecified atom stereocenters. The molecule has 1 saturated heterocycles. The monoisotopic (exact) mass is 238 g/mol. The van der Waals surface area contributed by atoms with Gasteiger partial charge in [0.25, 0.3) is 0 Å². The molecule has 4 heteroatoms. The number of likely N-dealkylation sites (tertiary alicyclic amines) is 1. The number of benzene rings is 1. The molecule has 1 aromatic rings. The van der Waals surface area contributed by atoms with E-state index in [1.165, 1.54) is 0 Å². The SMILES string of the molecule is Nc1cccc(CN2CCCC(CO)C2)c1F. The van der Waals surface area contributed by atoms with E-state index >= 15 is 0 Å². The third-order valence-corrected chi connectivity index (χ3v) is 3.36. The summed E-state index contributed by atoms with van der Waals surface area (Å²) in [7, 11) is 0. The van der Waals surface area contributed by atoms with E-state index in [2.05, 4.69) is 4.90 Å². The number of nitrogens with two attached hydrogens (primary N) is 1. The Morgan fingerprint density at radius 1 is 1.47 bits per heavy atom. The molecule has 1 aliphatic rings. The molecular formula is C13H19FN2O. The molecule has 1 heterocycles. The minimum Gasteiger partial charge on any atom is -0.396 e. The fourth-order valence-electron chi connectivity index (χ4n) is 2.41. The lowest BCUT2D eigenvalue weighted by Crippen LogP contribution is -2.36. The molecule has 1 aromatic carbocycles. The average Bonchev–Trinajstić information content (AvgIpc) is 2.35. The van der Waals surface area contributed by atoms with Crippen molar-refractivity contribution in [2.75, 3.05) is 25.4 Å². The predicted octanol–water partition coefficient (Wildman–Crippen LogP) is 1.61. The Morgan fingerprint density at radius 3 is 3.06 bits per heavy atom. The molecule has 2 rings (SSSR count). The van der Waals surface area contributed by atoms with Gasteiger partial charge in [0, 0.05) is 25.3 Å². The van der Waals surface area contributed by atoms with Gasteiger partial charge in [0.2, 0.25) is 0 Å². The fourth-order valence-corrected chi connectivity index (χ4v) is 2.41. The van der Waals surface area contributed by atoms with Crippen molar-refractivity contribution in [2.24, 2.45) is 5.92 Å². The Kier molecular flexibility index (Phi) is 3.97. The molecule has 0 radical (unpaired) electrons. The second kappa shape index (κ2) is 5.47. The lowest BCUT2D eigenvalue weighted by atomic mass is 9.98. The Morgan fingerprint density at radius 2 is 2.29 bits per heavy atom. The van der Waals surface area contributed by atoms with Crippen LogP contribution in [-0.2, 0) is 6.54 Å². The van der Waals surface area contributed by atoms with Gasteiger partial charge in [-0.05, 0) is 31.4 Å². The van der Waals surface area contributed by atoms with Crippen LogP contribution in [0.3, 0.4) is 0 Å². The van der Waals surface area contributed by atoms with Crippen LogP contribution >= 0.6 is 0 Å². The zero-order valence-electron chi connectivity index (χ0n) is 9.90. The first-order valence-corrected chi connectivity index (χ1v) is 6.06. The fraction of sp³-hybridized carbons (Fsp3) is 0.538. The smallest absolute Gasteiger partial charge is 0.150 e. The van der Waals surface area contributed by atoms with Crippen LogP contribution in [0.4, 0.5) is 10.1 Å². The highest BCUT2D eigenvalue weighted by atomic mass is 19.1. The van der Waals surface area contributed by atoms with E-state index in [4.69, 9.17) is 10.8 Å². The zero-order chi connectivity index (χ0) is 12.3. The largest absolute Gasteiger partial charge is 0.396 e. The summed E-state index contributed by atoms with van der Waals surface area (Å²) in [5, 5.41) is 9.15. The van der Waals surface area contributed by atoms with Crippen LogP contribution in [0.15, 0.2) is 18.2 Å². The van der Waals surface area contributed by atoms with Gasteiger partial charge in [0.05, 0.1) is 5.69 Å². The van der Waals surface area contributed by atoms with Crippen molar-refractivity contribution in [3.8, 4) is 0 Å². The molecule has 0 spiro atoms. The number of piperidine rings is 1. The molecule has 1 aliphatic heterocycles. The standard InChI is InChI=1S/C13H19FN2O/c14-13-11(4-1-5-12(13)15)8-16-6-2-3-10(7-16)9-17/h1,4-5,10,17H,2-3,6-9,15H2. The maximum atomic E-state index is 13.7. The normalized spacial score (nSPS) is 21.6. The first kappa shape index (κ1) is 12.3. The molecule has 0 aromatic heterocycles. The summed E-state index contributed by atoms with van der Waals surface area (Å²) in [6.07, 6.45) is 2.13. The minimum absolute atomic E-state index is 0.207. The van der Waals surface area contributed by atoms with Gasteiger partial charge in [0.1, 0.15) is 0 Å². The summed E-state index contributed by atoms with van der Waals surface area (Å²) in [4.78, 5) is 2.18. The summed E-state index contributed by atoms with van der Waals surface area (Å²) in [5.74, 6) is 0.0199. The summed E-state index contributed by atoms with van der Waals surface area (Å²) in [5.41, 5.74) is 6.39. The van der Waals surface area contributed by atoms with Gasteiger partial charge >= 0.3 is 0 Å². The molecule has 0 bridgehead atoms. The predicted molar refractivity (Wildman–Crippen MR) is 65.9 cm³/mol. The lowest BCUT2D eigenvalue weighted by molar-refractivity contribution is 0.115. The Bertz CT molecular complexity index is 384. The molecule has 0 saturated carbocycles. The van der Waals surface area contributed by atoms with Crippen molar-refractivity contribution in [2.45, 2.75) is 19.4 Å². The molecule has 0 amide bonds. The van der Waals surface area contributed by atoms with Crippen LogP contribution in [0.25, 0.3) is 0 Å². The van der Waals surface area contributed by atoms with Crippen LogP contribution in [0.2, 0.25) is 0 Å². The number of aliphatic hydroxyl groups excluding tert-OH is 1. The number of halogens is 1. The zero-order valence-corrected chi connectivity index (χ0v) is 9.90. The minimum atomic E-state index is -0.307. The Labute approximate surface area is 101 Å². The van der Waals surface area contributed by atoms with Gasteiger partial charge in [-0.3, -0.25) is 4.90 Å². The Balaban J connectivity index is 2.02. The van der Waals surface area contributed by atoms with Crippen LogP contribution in [-0.4, -0.2) is 29.7 Å². The Hall–Kier alpha value is -1.13. The molecule has 3 N–H and O–H groups in total. The maximum absolute atomic E-state index is 13.7. The van der Waals surface area contributed by atoms with Gasteiger partial charge in [-0.25, -0.2) is 4.39 Å². The summed E-state index contributed by atoms with van der Waals surface area (Å²) in [6, 6.07) is 5.13. The molecule has 94 valence electrons. The number of rotatable bonds is 3. The van der Waals surface area contributed by atoms with Crippen molar-refractivity contribution in [1.82, 2.24) is 4.90 Å². The highest BCUT2D eigenvalue weighted by Crippen LogP contribution is 2.21. The third-order valence-electron chi connectivity index (χ3n) is 3.36. The number of aliphatic hydroxyl groups is 1. The quantitative estimate of drug-likeness (QED) is 0.787. The van der Waals surface area contributed by atoms with Crippen molar-refractivity contribution in [3.05, 3.63) is 29.6 Å². The van der Waals surface area contributed by atoms with Gasteiger partial charge < -0.3 is 10.8 Å². The first-order chi connectivity index (χ1) is 8.20. The summed E-state index contributed by atoms with van der Waals surface area (Å²) >= 11 is 0. The molecule has 1 atom stereocenters. The number of nitrogens with zero attached hydrogens (tertiary/aromatic N) is 1. The molecular weight excluding hydrogens is 219 g/mol. The van der Waals surface area contributed by atoms with E-state index in [-0.39, 0.29) is 18.1 Å². The van der Waals surface area contributed by atoms with Gasteiger partial charge in [0.15, 0.2) is 5.82 Å². The third kappa shape index (κ3) is 2.96. The van der Waals surface area contributed by atoms with Gasteiger partial charge in [-0.2, -0.15) is 0 Å². The second-order valence-electron chi connectivity index (χ2n) is 4.75. The first-order valence-electron chi connectivity index (χ1n) is 6.06. The van der Waals surface area contributed by atoms with Crippen LogP contribution < -0.4 is 5.73 Å². The second-order valence-corrected chi connectivity index (χ2v) is 4.75. The number of anilines is 1. The lowest BCUT2D eigenvalue weighted by Gasteiger charge is -2.31. The van der Waals surface area contributed by atoms with E-state index in [1.807, 2.05) is 0 Å². The van der Waals surface area contributed by atoms with Crippen molar-refractivity contribution >= 4 is 5.69 Å². The van der Waals surface area contributed by atoms with Gasteiger partial charge in [-0.1, -0.05) is 12.1 Å². The van der Waals surface area contributed by atoms with Crippen molar-refractivity contribution in [3.63, 3.8) is 0 Å². The maximum Gasteiger partial charge on any atom is 0.150 e. The van der Waals surface area contributed by atoms with E-state index in [1.54, 1.807) is 18.2 Å². The van der Waals surface area contributed by atoms with E-state index < -0.39 is 0 Å². The van der Waals surface area contributed by atoms with Crippen molar-refractivity contribution in [1.29, 1.82) is 0 Å². The van der Waals surface area contributed by atoms with Crippen LogP contribution in [0.1, 0.15) is 18.4 Å². The van der Waals surface area contributed by atoms with E-state index in [0.717, 1.165) is 25.9 Å². The topological polar surface area (TPSA) is 49.5 Å². The molecule has 1 fully saturated rings. The summed E-state index contributed by atoms with van der Waals surface area (Å²) in [6.45, 7) is 2.60. The highest BCUT2D eigenvalue weighted by molar-refractivity contribution is 5.42. The molecule has 17 heavy (non-hydrogen) atoms. The van der Waals surface area contributed by atoms with E-state index in [9.17, 15) is 4.39 Å². The number of nitrogen functional groups attached to an aromatic ring is 1. The molecule has 3 nitrogen and oxygen atoms in total.